The number of methoxy groups -OCH3 is 1. The molecule has 0 radical (unpaired) electrons. The zero-order chi connectivity index (χ0) is 13.0. The van der Waals surface area contributed by atoms with E-state index in [1.807, 2.05) is 0 Å². The van der Waals surface area contributed by atoms with Gasteiger partial charge in [0.1, 0.15) is 0 Å². The predicted molar refractivity (Wildman–Crippen MR) is 64.4 cm³/mol. The second-order valence-corrected chi connectivity index (χ2v) is 4.72. The number of carbonyl (C=O) groups is 2. The maximum atomic E-state index is 12.0. The summed E-state index contributed by atoms with van der Waals surface area (Å²) in [6.07, 6.45) is 0.996. The molecule has 1 heterocycles. The van der Waals surface area contributed by atoms with Crippen molar-refractivity contribution in [3.8, 4) is 0 Å². The van der Waals surface area contributed by atoms with Crippen LogP contribution >= 0.6 is 0 Å². The normalized spacial score (nSPS) is 19.8. The number of carbonyl (C=O) groups excluding carboxylic acids is 2. The summed E-state index contributed by atoms with van der Waals surface area (Å²) >= 11 is 0. The average molecular weight is 240 g/mol. The molecule has 0 aliphatic carbocycles. The van der Waals surface area contributed by atoms with E-state index in [4.69, 9.17) is 0 Å². The maximum Gasteiger partial charge on any atom is 0.306 e. The monoisotopic (exact) mass is 240 g/mol. The summed E-state index contributed by atoms with van der Waals surface area (Å²) in [5, 5.41) is 5.68. The minimum absolute atomic E-state index is 0.0862. The lowest BCUT2D eigenvalue weighted by molar-refractivity contribution is -0.144. The van der Waals surface area contributed by atoms with Crippen LogP contribution in [-0.2, 0) is 14.3 Å². The van der Waals surface area contributed by atoms with Crippen molar-refractivity contribution in [3.63, 3.8) is 0 Å². The summed E-state index contributed by atoms with van der Waals surface area (Å²) in [5.41, 5.74) is 0.698. The molecule has 1 unspecified atom stereocenters. The Balaban J connectivity index is 2.58. The van der Waals surface area contributed by atoms with E-state index in [0.29, 0.717) is 18.2 Å². The molecule has 0 aromatic carbocycles. The number of hydrogen-bond donors (Lipinski definition) is 0. The molecule has 0 spiro atoms. The van der Waals surface area contributed by atoms with Gasteiger partial charge in [0, 0.05) is 12.3 Å². The van der Waals surface area contributed by atoms with Gasteiger partial charge >= 0.3 is 5.97 Å². The van der Waals surface area contributed by atoms with Crippen molar-refractivity contribution in [1.82, 2.24) is 5.01 Å². The van der Waals surface area contributed by atoms with Gasteiger partial charge in [-0.3, -0.25) is 9.59 Å². The smallest absolute Gasteiger partial charge is 0.306 e. The fourth-order valence-electron chi connectivity index (χ4n) is 1.69. The van der Waals surface area contributed by atoms with Crippen LogP contribution in [0.3, 0.4) is 0 Å². The van der Waals surface area contributed by atoms with Crippen molar-refractivity contribution in [3.05, 3.63) is 0 Å². The minimum Gasteiger partial charge on any atom is -0.469 e. The Morgan fingerprint density at radius 2 is 2.18 bits per heavy atom. The molecular weight excluding hydrogens is 220 g/mol. The van der Waals surface area contributed by atoms with E-state index in [2.05, 4.69) is 23.7 Å². The first-order valence-corrected chi connectivity index (χ1v) is 5.89. The van der Waals surface area contributed by atoms with Crippen LogP contribution in [0.5, 0.6) is 0 Å². The van der Waals surface area contributed by atoms with Crippen molar-refractivity contribution in [1.29, 1.82) is 0 Å². The van der Waals surface area contributed by atoms with Gasteiger partial charge in [0.2, 0.25) is 0 Å². The van der Waals surface area contributed by atoms with Crippen molar-refractivity contribution < 1.29 is 14.3 Å². The quantitative estimate of drug-likeness (QED) is 0.683. The first kappa shape index (κ1) is 13.7. The van der Waals surface area contributed by atoms with Crippen LogP contribution in [0.1, 0.15) is 33.6 Å². The molecule has 1 atom stereocenters. The standard InChI is InChI=1S/C12H20N2O3/c1-8(2)5-6-14-12(16)10(9(3)13-14)7-11(15)17-4/h8,10H,5-7H2,1-4H3. The zero-order valence-corrected chi connectivity index (χ0v) is 10.9. The van der Waals surface area contributed by atoms with Gasteiger partial charge in [0.05, 0.1) is 19.4 Å². The van der Waals surface area contributed by atoms with E-state index < -0.39 is 5.92 Å². The molecule has 0 aromatic rings. The molecule has 5 nitrogen and oxygen atoms in total. The van der Waals surface area contributed by atoms with E-state index in [1.165, 1.54) is 12.1 Å². The Kier molecular flexibility index (Phi) is 4.66. The van der Waals surface area contributed by atoms with E-state index in [1.54, 1.807) is 6.92 Å². The molecule has 5 heteroatoms. The third-order valence-corrected chi connectivity index (χ3v) is 2.85. The second kappa shape index (κ2) is 5.80. The number of rotatable bonds is 5. The van der Waals surface area contributed by atoms with Crippen molar-refractivity contribution in [2.24, 2.45) is 16.9 Å². The molecule has 0 aromatic heterocycles. The molecule has 0 fully saturated rings. The van der Waals surface area contributed by atoms with Crippen LogP contribution in [0.25, 0.3) is 0 Å². The third kappa shape index (κ3) is 3.54. The number of ether oxygens (including phenoxy) is 1. The largest absolute Gasteiger partial charge is 0.469 e. The van der Waals surface area contributed by atoms with Crippen LogP contribution in [0.4, 0.5) is 0 Å². The average Bonchev–Trinajstić information content (AvgIpc) is 2.53. The number of amides is 1. The number of hydrogen-bond acceptors (Lipinski definition) is 4. The van der Waals surface area contributed by atoms with E-state index in [9.17, 15) is 9.59 Å². The van der Waals surface area contributed by atoms with Crippen LogP contribution in [-0.4, -0.2) is 36.3 Å². The van der Waals surface area contributed by atoms with Gasteiger partial charge in [-0.25, -0.2) is 5.01 Å². The molecule has 17 heavy (non-hydrogen) atoms. The lowest BCUT2D eigenvalue weighted by Crippen LogP contribution is -2.30. The summed E-state index contributed by atoms with van der Waals surface area (Å²) in [6.45, 7) is 6.60. The Morgan fingerprint density at radius 1 is 1.53 bits per heavy atom. The lowest BCUT2D eigenvalue weighted by atomic mass is 10.0. The van der Waals surface area contributed by atoms with Crippen LogP contribution in [0.15, 0.2) is 5.10 Å². The minimum atomic E-state index is -0.436. The highest BCUT2D eigenvalue weighted by atomic mass is 16.5. The Morgan fingerprint density at radius 3 is 2.71 bits per heavy atom. The molecule has 0 bridgehead atoms. The van der Waals surface area contributed by atoms with Crippen LogP contribution < -0.4 is 0 Å². The highest BCUT2D eigenvalue weighted by Gasteiger charge is 2.34. The Bertz CT molecular complexity index is 337. The molecule has 96 valence electrons. The Hall–Kier alpha value is -1.39. The number of esters is 1. The highest BCUT2D eigenvalue weighted by molar-refractivity contribution is 6.08. The predicted octanol–water partition coefficient (Wildman–Crippen LogP) is 1.43. The van der Waals surface area contributed by atoms with Crippen molar-refractivity contribution in [2.45, 2.75) is 33.6 Å². The van der Waals surface area contributed by atoms with Gasteiger partial charge in [-0.2, -0.15) is 5.10 Å². The zero-order valence-electron chi connectivity index (χ0n) is 10.9. The van der Waals surface area contributed by atoms with Crippen molar-refractivity contribution in [2.75, 3.05) is 13.7 Å². The van der Waals surface area contributed by atoms with E-state index in [-0.39, 0.29) is 18.3 Å². The van der Waals surface area contributed by atoms with Gasteiger partial charge < -0.3 is 4.74 Å². The molecule has 0 saturated carbocycles. The van der Waals surface area contributed by atoms with Crippen molar-refractivity contribution >= 4 is 17.6 Å². The molecular formula is C12H20N2O3. The molecule has 1 rings (SSSR count). The lowest BCUT2D eigenvalue weighted by Gasteiger charge is -2.14. The van der Waals surface area contributed by atoms with Gasteiger partial charge in [-0.1, -0.05) is 13.8 Å². The van der Waals surface area contributed by atoms with Gasteiger partial charge in [0.25, 0.3) is 5.91 Å². The number of hydrazone groups is 1. The SMILES string of the molecule is COC(=O)CC1C(=O)N(CCC(C)C)N=C1C. The summed E-state index contributed by atoms with van der Waals surface area (Å²) in [6, 6.07) is 0. The van der Waals surface area contributed by atoms with E-state index in [0.717, 1.165) is 6.42 Å². The third-order valence-electron chi connectivity index (χ3n) is 2.85. The first-order chi connectivity index (χ1) is 7.95. The Labute approximate surface area is 102 Å². The molecule has 0 saturated heterocycles. The van der Waals surface area contributed by atoms with Gasteiger partial charge in [-0.15, -0.1) is 0 Å². The topological polar surface area (TPSA) is 59.0 Å². The summed E-state index contributed by atoms with van der Waals surface area (Å²) < 4.78 is 4.58. The van der Waals surface area contributed by atoms with Crippen LogP contribution in [0.2, 0.25) is 0 Å². The van der Waals surface area contributed by atoms with Crippen LogP contribution in [0, 0.1) is 11.8 Å². The molecule has 1 aliphatic heterocycles. The summed E-state index contributed by atoms with van der Waals surface area (Å²) in [5.74, 6) is -0.371. The van der Waals surface area contributed by atoms with Gasteiger partial charge in [0.15, 0.2) is 0 Å². The fourth-order valence-corrected chi connectivity index (χ4v) is 1.69. The summed E-state index contributed by atoms with van der Waals surface area (Å²) in [4.78, 5) is 23.2. The molecule has 1 aliphatic rings. The fraction of sp³-hybridized carbons (Fsp3) is 0.750. The highest BCUT2D eigenvalue weighted by Crippen LogP contribution is 2.20. The second-order valence-electron chi connectivity index (χ2n) is 4.72. The maximum absolute atomic E-state index is 12.0. The summed E-state index contributed by atoms with van der Waals surface area (Å²) in [7, 11) is 1.32. The molecule has 1 amide bonds. The van der Waals surface area contributed by atoms with E-state index >= 15 is 0 Å². The first-order valence-electron chi connectivity index (χ1n) is 5.89. The number of nitrogens with zero attached hydrogens (tertiary/aromatic N) is 2. The van der Waals surface area contributed by atoms with Gasteiger partial charge in [-0.05, 0) is 19.3 Å². The molecule has 0 N–H and O–H groups in total.